The molecule has 4 nitrogen and oxygen atoms in total. The summed E-state index contributed by atoms with van der Waals surface area (Å²) in [5.74, 6) is 0.843. The van der Waals surface area contributed by atoms with E-state index in [1.807, 2.05) is 24.9 Å². The van der Waals surface area contributed by atoms with E-state index in [0.717, 1.165) is 23.8 Å². The number of hydrogen-bond donors (Lipinski definition) is 1. The summed E-state index contributed by atoms with van der Waals surface area (Å²) in [4.78, 5) is 4.55. The van der Waals surface area contributed by atoms with Crippen molar-refractivity contribution in [2.45, 2.75) is 58.5 Å². The van der Waals surface area contributed by atoms with Gasteiger partial charge in [0.15, 0.2) is 5.65 Å². The Hall–Kier alpha value is -1.42. The van der Waals surface area contributed by atoms with E-state index in [4.69, 9.17) is 0 Å². The molecular formula is C17H26N4. The molecule has 4 heteroatoms. The highest BCUT2D eigenvalue weighted by Gasteiger charge is 2.19. The standard InChI is InChI=1S/C17H26N4/c1-12(15-7-5-4-6-8-15)18-10-14-9-16-13(2)20-21(3)17(16)19-11-14/h9,11-12,15,18H,4-8,10H2,1-3H3/t12-/m1/s1. The molecule has 0 unspecified atom stereocenters. The van der Waals surface area contributed by atoms with Crippen LogP contribution in [0.5, 0.6) is 0 Å². The number of pyridine rings is 1. The molecule has 0 radical (unpaired) electrons. The molecule has 1 saturated carbocycles. The van der Waals surface area contributed by atoms with Crippen LogP contribution in [0.3, 0.4) is 0 Å². The second kappa shape index (κ2) is 6.14. The van der Waals surface area contributed by atoms with E-state index in [2.05, 4.69) is 28.4 Å². The highest BCUT2D eigenvalue weighted by atomic mass is 15.3. The smallest absolute Gasteiger partial charge is 0.157 e. The van der Waals surface area contributed by atoms with Crippen LogP contribution >= 0.6 is 0 Å². The molecule has 0 bridgehead atoms. The quantitative estimate of drug-likeness (QED) is 0.937. The average molecular weight is 286 g/mol. The summed E-state index contributed by atoms with van der Waals surface area (Å²) in [5, 5.41) is 9.29. The Morgan fingerprint density at radius 1 is 1.33 bits per heavy atom. The minimum absolute atomic E-state index is 0.594. The normalized spacial score (nSPS) is 18.2. The Bertz CT molecular complexity index is 611. The summed E-state index contributed by atoms with van der Waals surface area (Å²) in [6.07, 6.45) is 8.96. The first-order valence-electron chi connectivity index (χ1n) is 8.17. The fourth-order valence-electron chi connectivity index (χ4n) is 3.53. The molecule has 2 heterocycles. The zero-order valence-corrected chi connectivity index (χ0v) is 13.4. The molecule has 1 atom stereocenters. The fourth-order valence-corrected chi connectivity index (χ4v) is 3.53. The molecule has 1 fully saturated rings. The number of aryl methyl sites for hydroxylation is 2. The SMILES string of the molecule is Cc1nn(C)c2ncc(CN[C@H](C)C3CCCCC3)cc12. The molecule has 114 valence electrons. The molecule has 1 aliphatic rings. The highest BCUT2D eigenvalue weighted by molar-refractivity contribution is 5.78. The Kier molecular flexibility index (Phi) is 4.24. The predicted octanol–water partition coefficient (Wildman–Crippen LogP) is 3.34. The third-order valence-electron chi connectivity index (χ3n) is 4.90. The maximum Gasteiger partial charge on any atom is 0.157 e. The van der Waals surface area contributed by atoms with Crippen LogP contribution in [-0.2, 0) is 13.6 Å². The number of aromatic nitrogens is 3. The molecule has 0 spiro atoms. The van der Waals surface area contributed by atoms with Crippen molar-refractivity contribution in [2.24, 2.45) is 13.0 Å². The van der Waals surface area contributed by atoms with Crippen LogP contribution in [0.1, 0.15) is 50.3 Å². The Balaban J connectivity index is 1.66. The topological polar surface area (TPSA) is 42.7 Å². The lowest BCUT2D eigenvalue weighted by Crippen LogP contribution is -2.34. The van der Waals surface area contributed by atoms with E-state index in [1.54, 1.807) is 0 Å². The summed E-state index contributed by atoms with van der Waals surface area (Å²) in [5.41, 5.74) is 3.28. The van der Waals surface area contributed by atoms with Gasteiger partial charge in [0.05, 0.1) is 5.69 Å². The molecule has 21 heavy (non-hydrogen) atoms. The second-order valence-corrected chi connectivity index (χ2v) is 6.49. The number of nitrogens with one attached hydrogen (secondary N) is 1. The van der Waals surface area contributed by atoms with Gasteiger partial charge in [0.25, 0.3) is 0 Å². The molecule has 1 aliphatic carbocycles. The molecule has 0 amide bonds. The van der Waals surface area contributed by atoms with Gasteiger partial charge in [-0.1, -0.05) is 19.3 Å². The second-order valence-electron chi connectivity index (χ2n) is 6.49. The van der Waals surface area contributed by atoms with Crippen LogP contribution in [0.4, 0.5) is 0 Å². The highest BCUT2D eigenvalue weighted by Crippen LogP contribution is 2.26. The van der Waals surface area contributed by atoms with Crippen molar-refractivity contribution in [2.75, 3.05) is 0 Å². The van der Waals surface area contributed by atoms with E-state index in [0.29, 0.717) is 6.04 Å². The number of nitrogens with zero attached hydrogens (tertiary/aromatic N) is 3. The van der Waals surface area contributed by atoms with Gasteiger partial charge < -0.3 is 5.32 Å². The minimum atomic E-state index is 0.594. The Morgan fingerprint density at radius 2 is 2.10 bits per heavy atom. The van der Waals surface area contributed by atoms with Crippen molar-refractivity contribution < 1.29 is 0 Å². The van der Waals surface area contributed by atoms with E-state index >= 15 is 0 Å². The number of rotatable bonds is 4. The number of fused-ring (bicyclic) bond motifs is 1. The molecule has 3 rings (SSSR count). The molecule has 2 aromatic rings. The summed E-state index contributed by atoms with van der Waals surface area (Å²) in [7, 11) is 1.95. The van der Waals surface area contributed by atoms with Crippen molar-refractivity contribution in [1.82, 2.24) is 20.1 Å². The molecule has 1 N–H and O–H groups in total. The van der Waals surface area contributed by atoms with Crippen molar-refractivity contribution in [3.8, 4) is 0 Å². The third-order valence-corrected chi connectivity index (χ3v) is 4.90. The van der Waals surface area contributed by atoms with Crippen LogP contribution in [0.25, 0.3) is 11.0 Å². The van der Waals surface area contributed by atoms with Crippen LogP contribution in [0.15, 0.2) is 12.3 Å². The number of hydrogen-bond acceptors (Lipinski definition) is 3. The lowest BCUT2D eigenvalue weighted by Gasteiger charge is -2.28. The summed E-state index contributed by atoms with van der Waals surface area (Å²) >= 11 is 0. The van der Waals surface area contributed by atoms with E-state index in [1.165, 1.54) is 43.1 Å². The summed E-state index contributed by atoms with van der Waals surface area (Å²) in [6.45, 7) is 5.28. The first kappa shape index (κ1) is 14.5. The van der Waals surface area contributed by atoms with E-state index in [9.17, 15) is 0 Å². The monoisotopic (exact) mass is 286 g/mol. The van der Waals surface area contributed by atoms with Crippen LogP contribution in [0, 0.1) is 12.8 Å². The van der Waals surface area contributed by atoms with Crippen LogP contribution in [-0.4, -0.2) is 20.8 Å². The van der Waals surface area contributed by atoms with Gasteiger partial charge in [0, 0.05) is 31.2 Å². The maximum absolute atomic E-state index is 4.55. The Labute approximate surface area is 126 Å². The summed E-state index contributed by atoms with van der Waals surface area (Å²) < 4.78 is 1.85. The van der Waals surface area contributed by atoms with Crippen molar-refractivity contribution >= 4 is 11.0 Å². The lowest BCUT2D eigenvalue weighted by atomic mass is 9.84. The molecule has 0 aliphatic heterocycles. The summed E-state index contributed by atoms with van der Waals surface area (Å²) in [6, 6.07) is 2.82. The van der Waals surface area contributed by atoms with Gasteiger partial charge in [0.1, 0.15) is 0 Å². The lowest BCUT2D eigenvalue weighted by molar-refractivity contribution is 0.280. The first-order chi connectivity index (χ1) is 10.1. The van der Waals surface area contributed by atoms with Crippen molar-refractivity contribution in [3.63, 3.8) is 0 Å². The zero-order valence-electron chi connectivity index (χ0n) is 13.4. The predicted molar refractivity (Wildman–Crippen MR) is 86.1 cm³/mol. The van der Waals surface area contributed by atoms with Crippen LogP contribution < -0.4 is 5.32 Å². The van der Waals surface area contributed by atoms with Gasteiger partial charge in [0.2, 0.25) is 0 Å². The molecule has 0 aromatic carbocycles. The first-order valence-corrected chi connectivity index (χ1v) is 8.17. The average Bonchev–Trinajstić information content (AvgIpc) is 2.80. The van der Waals surface area contributed by atoms with E-state index < -0.39 is 0 Å². The van der Waals surface area contributed by atoms with Crippen molar-refractivity contribution in [3.05, 3.63) is 23.5 Å². The molecular weight excluding hydrogens is 260 g/mol. The molecule has 0 saturated heterocycles. The van der Waals surface area contributed by atoms with Gasteiger partial charge in [-0.2, -0.15) is 5.10 Å². The van der Waals surface area contributed by atoms with Crippen LogP contribution in [0.2, 0.25) is 0 Å². The minimum Gasteiger partial charge on any atom is -0.310 e. The Morgan fingerprint density at radius 3 is 2.86 bits per heavy atom. The van der Waals surface area contributed by atoms with Gasteiger partial charge in [-0.3, -0.25) is 4.68 Å². The van der Waals surface area contributed by atoms with Crippen molar-refractivity contribution in [1.29, 1.82) is 0 Å². The fraction of sp³-hybridized carbons (Fsp3) is 0.647. The van der Waals surface area contributed by atoms with Gasteiger partial charge in [-0.05, 0) is 44.2 Å². The zero-order chi connectivity index (χ0) is 14.8. The van der Waals surface area contributed by atoms with Gasteiger partial charge in [-0.25, -0.2) is 4.98 Å². The van der Waals surface area contributed by atoms with Gasteiger partial charge in [-0.15, -0.1) is 0 Å². The molecule has 2 aromatic heterocycles. The maximum atomic E-state index is 4.55. The van der Waals surface area contributed by atoms with Gasteiger partial charge >= 0.3 is 0 Å². The third kappa shape index (κ3) is 3.10. The van der Waals surface area contributed by atoms with E-state index in [-0.39, 0.29) is 0 Å². The largest absolute Gasteiger partial charge is 0.310 e.